The summed E-state index contributed by atoms with van der Waals surface area (Å²) in [7, 11) is -10.0. The number of carboxylic acid groups (broad SMARTS) is 1. The smallest absolute Gasteiger partial charge is 0.354 e. The molecule has 0 heterocycles. The molecular weight excluding hydrogens is 348 g/mol. The van der Waals surface area contributed by atoms with Crippen LogP contribution in [0.15, 0.2) is 18.2 Å². The van der Waals surface area contributed by atoms with Gasteiger partial charge in [0.15, 0.2) is 0 Å². The highest BCUT2D eigenvalue weighted by molar-refractivity contribution is 7.70. The van der Waals surface area contributed by atoms with Gasteiger partial charge in [-0.05, 0) is 42.5 Å². The fourth-order valence-electron chi connectivity index (χ4n) is 2.63. The van der Waals surface area contributed by atoms with E-state index in [0.717, 1.165) is 11.1 Å². The topological polar surface area (TPSA) is 164 Å². The summed E-state index contributed by atoms with van der Waals surface area (Å²) < 4.78 is 22.6. The zero-order valence-corrected chi connectivity index (χ0v) is 13.7. The minimum atomic E-state index is -5.02. The molecule has 0 aromatic heterocycles. The molecule has 6 N–H and O–H groups in total. The maximum Gasteiger partial charge on any atom is 0.354 e. The Hall–Kier alpha value is -1.05. The molecule has 1 aromatic carbocycles. The van der Waals surface area contributed by atoms with E-state index in [4.69, 9.17) is 24.7 Å². The first-order valence-corrected chi connectivity index (χ1v) is 10.1. The normalized spacial score (nSPS) is 18.7. The van der Waals surface area contributed by atoms with Crippen LogP contribution in [-0.2, 0) is 22.0 Å². The summed E-state index contributed by atoms with van der Waals surface area (Å²) in [5.41, 5.74) is -0.487. The number of aromatic carboxylic acids is 1. The SMILES string of the molecule is O=C(O)c1ccc2c(c1)CCC(NC(P(=O)(O)O)P(=O)(O)O)C2. The molecule has 1 aromatic rings. The maximum atomic E-state index is 11.3. The monoisotopic (exact) mass is 365 g/mol. The van der Waals surface area contributed by atoms with Gasteiger partial charge in [0, 0.05) is 6.04 Å². The van der Waals surface area contributed by atoms with Crippen molar-refractivity contribution < 1.29 is 38.6 Å². The van der Waals surface area contributed by atoms with Gasteiger partial charge in [-0.3, -0.25) is 14.4 Å². The van der Waals surface area contributed by atoms with Crippen molar-refractivity contribution >= 4 is 21.2 Å². The average molecular weight is 365 g/mol. The van der Waals surface area contributed by atoms with Crippen LogP contribution in [0.1, 0.15) is 27.9 Å². The van der Waals surface area contributed by atoms with Gasteiger partial charge in [-0.1, -0.05) is 6.07 Å². The summed E-state index contributed by atoms with van der Waals surface area (Å²) >= 11 is 0. The largest absolute Gasteiger partial charge is 0.478 e. The Morgan fingerprint density at radius 2 is 1.74 bits per heavy atom. The van der Waals surface area contributed by atoms with E-state index in [1.54, 1.807) is 6.07 Å². The van der Waals surface area contributed by atoms with Crippen LogP contribution in [0, 0.1) is 0 Å². The molecule has 1 aliphatic rings. The Kier molecular flexibility index (Phi) is 5.13. The Morgan fingerprint density at radius 3 is 2.26 bits per heavy atom. The first-order valence-electron chi connectivity index (χ1n) is 6.70. The number of hydrogen-bond donors (Lipinski definition) is 6. The average Bonchev–Trinajstić information content (AvgIpc) is 2.41. The molecule has 2 rings (SSSR count). The molecule has 11 heteroatoms. The van der Waals surface area contributed by atoms with E-state index < -0.39 is 32.7 Å². The number of carbonyl (C=O) groups is 1. The van der Waals surface area contributed by atoms with Gasteiger partial charge in [0.1, 0.15) is 0 Å². The van der Waals surface area contributed by atoms with Gasteiger partial charge in [0.25, 0.3) is 0 Å². The molecule has 0 saturated heterocycles. The lowest BCUT2D eigenvalue weighted by molar-refractivity contribution is 0.0696. The number of aryl methyl sites for hydroxylation is 1. The number of hydrogen-bond acceptors (Lipinski definition) is 4. The van der Waals surface area contributed by atoms with Gasteiger partial charge in [-0.15, -0.1) is 0 Å². The number of rotatable bonds is 5. The van der Waals surface area contributed by atoms with Crippen LogP contribution in [0.5, 0.6) is 0 Å². The van der Waals surface area contributed by atoms with Crippen LogP contribution in [0.25, 0.3) is 0 Å². The van der Waals surface area contributed by atoms with Crippen LogP contribution in [0.3, 0.4) is 0 Å². The van der Waals surface area contributed by atoms with E-state index in [9.17, 15) is 13.9 Å². The molecule has 0 saturated carbocycles. The van der Waals surface area contributed by atoms with Gasteiger partial charge in [0.2, 0.25) is 5.52 Å². The molecule has 1 aliphatic carbocycles. The second-order valence-corrected chi connectivity index (χ2v) is 9.24. The van der Waals surface area contributed by atoms with Crippen molar-refractivity contribution in [1.82, 2.24) is 5.32 Å². The minimum Gasteiger partial charge on any atom is -0.478 e. The summed E-state index contributed by atoms with van der Waals surface area (Å²) in [6.45, 7) is 0. The second kappa shape index (κ2) is 6.45. The zero-order chi connectivity index (χ0) is 17.4. The van der Waals surface area contributed by atoms with Crippen molar-refractivity contribution in [3.8, 4) is 0 Å². The summed E-state index contributed by atoms with van der Waals surface area (Å²) in [6, 6.07) is 4.05. The second-order valence-electron chi connectivity index (χ2n) is 5.45. The summed E-state index contributed by atoms with van der Waals surface area (Å²) in [5, 5.41) is 11.3. The highest BCUT2D eigenvalue weighted by atomic mass is 31.2. The lowest BCUT2D eigenvalue weighted by atomic mass is 9.87. The van der Waals surface area contributed by atoms with Crippen molar-refractivity contribution in [1.29, 1.82) is 0 Å². The Balaban J connectivity index is 2.18. The Labute approximate surface area is 131 Å². The van der Waals surface area contributed by atoms with Crippen LogP contribution >= 0.6 is 15.2 Å². The standard InChI is InChI=1S/C12H17NO8P2/c14-11(15)9-2-1-8-6-10(4-3-7(8)5-9)13-12(22(16,17)18)23(19,20)21/h1-2,5,10,12-13H,3-4,6H2,(H,14,15)(H2,16,17,18)(H2,19,20,21). The summed E-state index contributed by atoms with van der Waals surface area (Å²) in [5.74, 6) is -1.05. The fraction of sp³-hybridized carbons (Fsp3) is 0.417. The predicted octanol–water partition coefficient (Wildman–Crippen LogP) is 0.471. The van der Waals surface area contributed by atoms with E-state index in [-0.39, 0.29) is 5.56 Å². The Bertz CT molecular complexity index is 687. The highest BCUT2D eigenvalue weighted by Gasteiger charge is 2.44. The van der Waals surface area contributed by atoms with Crippen molar-refractivity contribution in [3.05, 3.63) is 34.9 Å². The van der Waals surface area contributed by atoms with Crippen LogP contribution in [0.2, 0.25) is 0 Å². The lowest BCUT2D eigenvalue weighted by Crippen LogP contribution is -2.41. The molecule has 1 unspecified atom stereocenters. The first-order chi connectivity index (χ1) is 10.5. The van der Waals surface area contributed by atoms with Crippen LogP contribution in [-0.4, -0.2) is 42.2 Å². The zero-order valence-electron chi connectivity index (χ0n) is 11.9. The van der Waals surface area contributed by atoms with Crippen molar-refractivity contribution in [2.45, 2.75) is 30.8 Å². The summed E-state index contributed by atoms with van der Waals surface area (Å²) in [4.78, 5) is 47.4. The van der Waals surface area contributed by atoms with E-state index in [2.05, 4.69) is 5.32 Å². The van der Waals surface area contributed by atoms with Gasteiger partial charge >= 0.3 is 21.2 Å². The third-order valence-electron chi connectivity index (χ3n) is 3.70. The van der Waals surface area contributed by atoms with Crippen LogP contribution < -0.4 is 5.32 Å². The molecule has 0 radical (unpaired) electrons. The molecule has 0 fully saturated rings. The van der Waals surface area contributed by atoms with Gasteiger partial charge in [0.05, 0.1) is 5.56 Å². The lowest BCUT2D eigenvalue weighted by Gasteiger charge is -2.30. The van der Waals surface area contributed by atoms with Gasteiger partial charge in [-0.2, -0.15) is 0 Å². The predicted molar refractivity (Wildman–Crippen MR) is 80.2 cm³/mol. The minimum absolute atomic E-state index is 0.151. The van der Waals surface area contributed by atoms with Gasteiger partial charge < -0.3 is 24.7 Å². The Morgan fingerprint density at radius 1 is 1.13 bits per heavy atom. The third kappa shape index (κ3) is 4.49. The molecule has 0 spiro atoms. The maximum absolute atomic E-state index is 11.3. The highest BCUT2D eigenvalue weighted by Crippen LogP contribution is 2.58. The van der Waals surface area contributed by atoms with Crippen molar-refractivity contribution in [2.24, 2.45) is 0 Å². The van der Waals surface area contributed by atoms with Crippen molar-refractivity contribution in [2.75, 3.05) is 0 Å². The van der Waals surface area contributed by atoms with Gasteiger partial charge in [-0.25, -0.2) is 4.79 Å². The molecule has 0 amide bonds. The number of fused-ring (bicyclic) bond motifs is 1. The third-order valence-corrected chi connectivity index (χ3v) is 7.08. The number of benzene rings is 1. The quantitative estimate of drug-likeness (QED) is 0.407. The van der Waals surface area contributed by atoms with E-state index >= 15 is 0 Å². The first kappa shape index (κ1) is 18.3. The molecule has 9 nitrogen and oxygen atoms in total. The fourth-order valence-corrected chi connectivity index (χ4v) is 5.01. The molecule has 128 valence electrons. The number of carboxylic acids is 1. The van der Waals surface area contributed by atoms with Crippen molar-refractivity contribution in [3.63, 3.8) is 0 Å². The van der Waals surface area contributed by atoms with Crippen LogP contribution in [0.4, 0.5) is 0 Å². The molecule has 0 bridgehead atoms. The number of nitrogens with one attached hydrogen (secondary N) is 1. The molecule has 1 atom stereocenters. The van der Waals surface area contributed by atoms with E-state index in [0.29, 0.717) is 19.3 Å². The molecule has 23 heavy (non-hydrogen) atoms. The summed E-state index contributed by atoms with van der Waals surface area (Å²) in [6.07, 6.45) is 1.13. The van der Waals surface area contributed by atoms with E-state index in [1.165, 1.54) is 12.1 Å². The molecular formula is C12H17NO8P2. The van der Waals surface area contributed by atoms with E-state index in [1.807, 2.05) is 0 Å². The molecule has 0 aliphatic heterocycles.